The number of carbonyl (C=O) groups is 1. The van der Waals surface area contributed by atoms with Crippen LogP contribution in [0.2, 0.25) is 5.02 Å². The molecular formula is C23H21ClN2O3. The summed E-state index contributed by atoms with van der Waals surface area (Å²) in [6.45, 7) is 0.423. The number of halogens is 1. The van der Waals surface area contributed by atoms with Crippen molar-refractivity contribution in [2.24, 2.45) is 5.92 Å². The van der Waals surface area contributed by atoms with Crippen molar-refractivity contribution < 1.29 is 14.3 Å². The second kappa shape index (κ2) is 8.53. The summed E-state index contributed by atoms with van der Waals surface area (Å²) in [6.07, 6.45) is 2.50. The highest BCUT2D eigenvalue weighted by Crippen LogP contribution is 2.49. The maximum atomic E-state index is 12.5. The van der Waals surface area contributed by atoms with Crippen molar-refractivity contribution in [1.29, 1.82) is 0 Å². The maximum Gasteiger partial charge on any atom is 0.224 e. The van der Waals surface area contributed by atoms with Gasteiger partial charge in [0.1, 0.15) is 11.5 Å². The van der Waals surface area contributed by atoms with E-state index in [1.807, 2.05) is 60.7 Å². The molecule has 3 aromatic rings. The standard InChI is InChI=1S/C23H21ClN2O3/c1-28-16-6-8-17(9-7-16)29-22-12-15(10-11-25-22)14-26-23(27)20-13-19(20)18-4-2-3-5-21(18)24/h2-12,19-20H,13-14H2,1H3,(H,26,27). The van der Waals surface area contributed by atoms with Gasteiger partial charge in [-0.25, -0.2) is 4.98 Å². The molecule has 5 nitrogen and oxygen atoms in total. The Balaban J connectivity index is 1.32. The molecule has 29 heavy (non-hydrogen) atoms. The number of rotatable bonds is 7. The summed E-state index contributed by atoms with van der Waals surface area (Å²) in [5.74, 6) is 2.13. The van der Waals surface area contributed by atoms with Gasteiger partial charge in [0.05, 0.1) is 7.11 Å². The van der Waals surface area contributed by atoms with Gasteiger partial charge >= 0.3 is 0 Å². The molecule has 1 amide bonds. The number of carbonyl (C=O) groups excluding carboxylic acids is 1. The van der Waals surface area contributed by atoms with Crippen LogP contribution in [0.15, 0.2) is 66.9 Å². The quantitative estimate of drug-likeness (QED) is 0.600. The fourth-order valence-corrected chi connectivity index (χ4v) is 3.58. The SMILES string of the molecule is COc1ccc(Oc2cc(CNC(=O)C3CC3c3ccccc3Cl)ccn2)cc1. The van der Waals surface area contributed by atoms with Crippen LogP contribution in [-0.4, -0.2) is 18.0 Å². The van der Waals surface area contributed by atoms with Crippen LogP contribution in [-0.2, 0) is 11.3 Å². The largest absolute Gasteiger partial charge is 0.497 e. The molecule has 1 saturated carbocycles. The average Bonchev–Trinajstić information content (AvgIpc) is 3.54. The third-order valence-corrected chi connectivity index (χ3v) is 5.32. The number of amides is 1. The topological polar surface area (TPSA) is 60.5 Å². The average molecular weight is 409 g/mol. The molecule has 2 aromatic carbocycles. The van der Waals surface area contributed by atoms with E-state index in [9.17, 15) is 4.79 Å². The van der Waals surface area contributed by atoms with E-state index < -0.39 is 0 Å². The van der Waals surface area contributed by atoms with Crippen molar-refractivity contribution in [1.82, 2.24) is 10.3 Å². The van der Waals surface area contributed by atoms with Crippen LogP contribution >= 0.6 is 11.6 Å². The number of aromatic nitrogens is 1. The normalized spacial score (nSPS) is 17.4. The monoisotopic (exact) mass is 408 g/mol. The van der Waals surface area contributed by atoms with Crippen molar-refractivity contribution >= 4 is 17.5 Å². The van der Waals surface area contributed by atoms with Crippen molar-refractivity contribution in [3.63, 3.8) is 0 Å². The zero-order valence-electron chi connectivity index (χ0n) is 16.0. The lowest BCUT2D eigenvalue weighted by Crippen LogP contribution is -2.24. The van der Waals surface area contributed by atoms with Crippen molar-refractivity contribution in [2.45, 2.75) is 18.9 Å². The van der Waals surface area contributed by atoms with E-state index in [2.05, 4.69) is 10.3 Å². The van der Waals surface area contributed by atoms with Gasteiger partial charge in [-0.3, -0.25) is 4.79 Å². The number of methoxy groups -OCH3 is 1. The smallest absolute Gasteiger partial charge is 0.224 e. The lowest BCUT2D eigenvalue weighted by atomic mass is 10.1. The van der Waals surface area contributed by atoms with E-state index in [1.54, 1.807) is 13.3 Å². The van der Waals surface area contributed by atoms with Crippen LogP contribution in [0.25, 0.3) is 0 Å². The second-order valence-corrected chi connectivity index (χ2v) is 7.38. The Kier molecular flexibility index (Phi) is 5.67. The van der Waals surface area contributed by atoms with Gasteiger partial charge in [0.15, 0.2) is 0 Å². The Labute approximate surface area is 174 Å². The molecule has 2 atom stereocenters. The Bertz CT molecular complexity index is 1010. The van der Waals surface area contributed by atoms with Gasteiger partial charge in [-0.15, -0.1) is 0 Å². The second-order valence-electron chi connectivity index (χ2n) is 6.97. The molecule has 0 saturated heterocycles. The summed E-state index contributed by atoms with van der Waals surface area (Å²) in [5.41, 5.74) is 1.97. The summed E-state index contributed by atoms with van der Waals surface area (Å²) in [6, 6.07) is 18.7. The molecule has 6 heteroatoms. The van der Waals surface area contributed by atoms with E-state index in [1.165, 1.54) is 0 Å². The number of hydrogen-bond acceptors (Lipinski definition) is 4. The number of nitrogens with one attached hydrogen (secondary N) is 1. The number of hydrogen-bond donors (Lipinski definition) is 1. The first-order chi connectivity index (χ1) is 14.1. The Hall–Kier alpha value is -3.05. The number of benzene rings is 2. The predicted molar refractivity (Wildman–Crippen MR) is 111 cm³/mol. The molecule has 1 aliphatic rings. The number of ether oxygens (including phenoxy) is 2. The molecule has 148 valence electrons. The van der Waals surface area contributed by atoms with E-state index in [0.29, 0.717) is 18.2 Å². The predicted octanol–water partition coefficient (Wildman–Crippen LogP) is 4.96. The highest BCUT2D eigenvalue weighted by Gasteiger charge is 2.44. The number of nitrogens with zero attached hydrogens (tertiary/aromatic N) is 1. The van der Waals surface area contributed by atoms with Crippen LogP contribution in [0.3, 0.4) is 0 Å². The van der Waals surface area contributed by atoms with E-state index in [0.717, 1.165) is 28.3 Å². The Morgan fingerprint density at radius 2 is 1.90 bits per heavy atom. The van der Waals surface area contributed by atoms with Gasteiger partial charge in [-0.2, -0.15) is 0 Å². The van der Waals surface area contributed by atoms with E-state index in [-0.39, 0.29) is 17.7 Å². The highest BCUT2D eigenvalue weighted by molar-refractivity contribution is 6.31. The van der Waals surface area contributed by atoms with Gasteiger partial charge in [0.25, 0.3) is 0 Å². The Morgan fingerprint density at radius 1 is 1.14 bits per heavy atom. The molecule has 0 aliphatic heterocycles. The minimum absolute atomic E-state index is 0.0215. The summed E-state index contributed by atoms with van der Waals surface area (Å²) in [4.78, 5) is 16.7. The van der Waals surface area contributed by atoms with Crippen LogP contribution in [0.5, 0.6) is 17.4 Å². The van der Waals surface area contributed by atoms with Gasteiger partial charge in [-0.1, -0.05) is 29.8 Å². The van der Waals surface area contributed by atoms with Gasteiger partial charge in [-0.05, 0) is 59.9 Å². The molecule has 0 spiro atoms. The van der Waals surface area contributed by atoms with E-state index >= 15 is 0 Å². The maximum absolute atomic E-state index is 12.5. The van der Waals surface area contributed by atoms with Gasteiger partial charge < -0.3 is 14.8 Å². The molecule has 0 radical (unpaired) electrons. The lowest BCUT2D eigenvalue weighted by molar-refractivity contribution is -0.122. The third kappa shape index (κ3) is 4.69. The van der Waals surface area contributed by atoms with E-state index in [4.69, 9.17) is 21.1 Å². The lowest BCUT2D eigenvalue weighted by Gasteiger charge is -2.09. The minimum atomic E-state index is -0.0215. The molecule has 0 bridgehead atoms. The summed E-state index contributed by atoms with van der Waals surface area (Å²) >= 11 is 6.24. The fourth-order valence-electron chi connectivity index (χ4n) is 3.31. The summed E-state index contributed by atoms with van der Waals surface area (Å²) in [5, 5.41) is 3.73. The van der Waals surface area contributed by atoms with Crippen LogP contribution < -0.4 is 14.8 Å². The molecule has 1 N–H and O–H groups in total. The third-order valence-electron chi connectivity index (χ3n) is 4.98. The molecular weight excluding hydrogens is 388 g/mol. The first-order valence-corrected chi connectivity index (χ1v) is 9.81. The zero-order valence-corrected chi connectivity index (χ0v) is 16.7. The van der Waals surface area contributed by atoms with Crippen molar-refractivity contribution in [3.05, 3.63) is 83.0 Å². The summed E-state index contributed by atoms with van der Waals surface area (Å²) in [7, 11) is 1.62. The zero-order chi connectivity index (χ0) is 20.2. The van der Waals surface area contributed by atoms with Gasteiger partial charge in [0, 0.05) is 29.7 Å². The van der Waals surface area contributed by atoms with Crippen LogP contribution in [0.4, 0.5) is 0 Å². The molecule has 4 rings (SSSR count). The molecule has 1 fully saturated rings. The molecule has 2 unspecified atom stereocenters. The summed E-state index contributed by atoms with van der Waals surface area (Å²) < 4.78 is 10.9. The van der Waals surface area contributed by atoms with Crippen molar-refractivity contribution in [2.75, 3.05) is 7.11 Å². The van der Waals surface area contributed by atoms with Gasteiger partial charge in [0.2, 0.25) is 11.8 Å². The number of pyridine rings is 1. The first-order valence-electron chi connectivity index (χ1n) is 9.43. The fraction of sp³-hybridized carbons (Fsp3) is 0.217. The highest BCUT2D eigenvalue weighted by atomic mass is 35.5. The Morgan fingerprint density at radius 3 is 2.66 bits per heavy atom. The van der Waals surface area contributed by atoms with Crippen LogP contribution in [0, 0.1) is 5.92 Å². The first kappa shape index (κ1) is 19.3. The van der Waals surface area contributed by atoms with Crippen molar-refractivity contribution in [3.8, 4) is 17.4 Å². The molecule has 1 heterocycles. The minimum Gasteiger partial charge on any atom is -0.497 e. The molecule has 1 aliphatic carbocycles. The molecule has 1 aromatic heterocycles. The van der Waals surface area contributed by atoms with Crippen LogP contribution in [0.1, 0.15) is 23.5 Å².